The van der Waals surface area contributed by atoms with Crippen LogP contribution in [0.4, 0.5) is 5.69 Å². The summed E-state index contributed by atoms with van der Waals surface area (Å²) in [6, 6.07) is 3.94. The number of aryl methyl sites for hydroxylation is 1. The molecule has 0 fully saturated rings. The molecule has 0 saturated carbocycles. The predicted molar refractivity (Wildman–Crippen MR) is 73.6 cm³/mol. The molecule has 2 rings (SSSR count). The summed E-state index contributed by atoms with van der Waals surface area (Å²) in [4.78, 5) is 15.6. The zero-order chi connectivity index (χ0) is 13.0. The normalized spacial score (nSPS) is 10.3. The molecule has 0 aliphatic carbocycles. The Morgan fingerprint density at radius 2 is 2.11 bits per heavy atom. The van der Waals surface area contributed by atoms with Crippen LogP contribution in [0.25, 0.3) is 0 Å². The van der Waals surface area contributed by atoms with Crippen molar-refractivity contribution in [2.75, 3.05) is 11.9 Å². The van der Waals surface area contributed by atoms with E-state index >= 15 is 0 Å². The van der Waals surface area contributed by atoms with Crippen molar-refractivity contribution in [3.8, 4) is 0 Å². The topological polar surface area (TPSA) is 59.8 Å². The van der Waals surface area contributed by atoms with Crippen LogP contribution in [0.2, 0.25) is 0 Å². The van der Waals surface area contributed by atoms with Crippen LogP contribution in [0.3, 0.4) is 0 Å². The van der Waals surface area contributed by atoms with E-state index < -0.39 is 0 Å². The van der Waals surface area contributed by atoms with E-state index in [1.54, 1.807) is 25.6 Å². The van der Waals surface area contributed by atoms with Gasteiger partial charge in [-0.15, -0.1) is 0 Å². The third-order valence-corrected chi connectivity index (χ3v) is 3.32. The van der Waals surface area contributed by atoms with Gasteiger partial charge in [-0.05, 0) is 40.0 Å². The highest BCUT2D eigenvalue weighted by Crippen LogP contribution is 2.15. The monoisotopic (exact) mass is 308 g/mol. The second kappa shape index (κ2) is 5.77. The maximum Gasteiger partial charge on any atom is 0.282 e. The fourth-order valence-corrected chi connectivity index (χ4v) is 2.02. The van der Waals surface area contributed by atoms with Crippen LogP contribution in [0, 0.1) is 0 Å². The molecule has 0 unspecified atom stereocenters. The molecule has 1 N–H and O–H groups in total. The number of hydrogen-bond acceptors (Lipinski definition) is 4. The molecule has 0 aliphatic rings. The summed E-state index contributed by atoms with van der Waals surface area (Å²) in [5, 5.41) is 7.15. The molecule has 2 aromatic heterocycles. The summed E-state index contributed by atoms with van der Waals surface area (Å²) >= 11 is 3.27. The maximum atomic E-state index is 11.6. The van der Waals surface area contributed by atoms with Crippen LogP contribution in [0.5, 0.6) is 0 Å². The van der Waals surface area contributed by atoms with Crippen molar-refractivity contribution in [3.63, 3.8) is 0 Å². The lowest BCUT2D eigenvalue weighted by Crippen LogP contribution is -2.21. The predicted octanol–water partition coefficient (Wildman–Crippen LogP) is 1.59. The molecular weight excluding hydrogens is 296 g/mol. The number of rotatable bonds is 4. The minimum atomic E-state index is -0.149. The molecule has 94 valence electrons. The van der Waals surface area contributed by atoms with Gasteiger partial charge in [0.05, 0.1) is 11.9 Å². The number of nitrogens with zero attached hydrogens (tertiary/aromatic N) is 3. The lowest BCUT2D eigenvalue weighted by molar-refractivity contribution is 0.703. The first-order valence-corrected chi connectivity index (χ1v) is 6.32. The number of anilines is 1. The van der Waals surface area contributed by atoms with Gasteiger partial charge in [0.25, 0.3) is 5.56 Å². The summed E-state index contributed by atoms with van der Waals surface area (Å²) in [6.07, 6.45) is 6.04. The molecule has 18 heavy (non-hydrogen) atoms. The van der Waals surface area contributed by atoms with E-state index in [0.29, 0.717) is 10.2 Å². The van der Waals surface area contributed by atoms with E-state index in [0.717, 1.165) is 13.0 Å². The zero-order valence-electron chi connectivity index (χ0n) is 9.93. The van der Waals surface area contributed by atoms with Crippen molar-refractivity contribution < 1.29 is 0 Å². The molecule has 0 aliphatic heterocycles. The average Bonchev–Trinajstić information content (AvgIpc) is 2.40. The summed E-state index contributed by atoms with van der Waals surface area (Å²) < 4.78 is 1.80. The summed E-state index contributed by atoms with van der Waals surface area (Å²) in [6.45, 7) is 0.734. The van der Waals surface area contributed by atoms with Crippen LogP contribution < -0.4 is 10.9 Å². The molecule has 0 radical (unpaired) electrons. The second-order valence-corrected chi connectivity index (χ2v) is 4.63. The highest BCUT2D eigenvalue weighted by atomic mass is 79.9. The lowest BCUT2D eigenvalue weighted by Gasteiger charge is -2.08. The van der Waals surface area contributed by atoms with E-state index in [9.17, 15) is 4.79 Å². The first-order valence-electron chi connectivity index (χ1n) is 5.53. The van der Waals surface area contributed by atoms with E-state index in [2.05, 4.69) is 31.3 Å². The third-order valence-electron chi connectivity index (χ3n) is 2.56. The van der Waals surface area contributed by atoms with Gasteiger partial charge >= 0.3 is 0 Å². The Balaban J connectivity index is 1.99. The number of halogens is 1. The summed E-state index contributed by atoms with van der Waals surface area (Å²) in [5.74, 6) is 0. The molecule has 6 heteroatoms. The van der Waals surface area contributed by atoms with Crippen molar-refractivity contribution in [2.24, 2.45) is 7.05 Å². The van der Waals surface area contributed by atoms with Crippen LogP contribution >= 0.6 is 15.9 Å². The van der Waals surface area contributed by atoms with E-state index in [4.69, 9.17) is 0 Å². The van der Waals surface area contributed by atoms with Crippen LogP contribution in [0.15, 0.2) is 40.0 Å². The molecular formula is C12H13BrN4O. The van der Waals surface area contributed by atoms with Gasteiger partial charge in [0, 0.05) is 26.0 Å². The fourth-order valence-electron chi connectivity index (χ4n) is 1.52. The number of aromatic nitrogens is 3. The largest absolute Gasteiger partial charge is 0.382 e. The van der Waals surface area contributed by atoms with Gasteiger partial charge in [-0.2, -0.15) is 5.10 Å². The van der Waals surface area contributed by atoms with Gasteiger partial charge in [0.2, 0.25) is 0 Å². The van der Waals surface area contributed by atoms with Gasteiger partial charge in [0.1, 0.15) is 4.47 Å². The van der Waals surface area contributed by atoms with Crippen molar-refractivity contribution in [2.45, 2.75) is 6.42 Å². The molecule has 2 aromatic rings. The fraction of sp³-hybridized carbons (Fsp3) is 0.250. The molecule has 5 nitrogen and oxygen atoms in total. The van der Waals surface area contributed by atoms with E-state index in [1.165, 1.54) is 10.2 Å². The Kier molecular flexibility index (Phi) is 4.09. The van der Waals surface area contributed by atoms with Gasteiger partial charge in [-0.3, -0.25) is 9.78 Å². The van der Waals surface area contributed by atoms with Crippen molar-refractivity contribution in [1.82, 2.24) is 14.8 Å². The Hall–Kier alpha value is -1.69. The number of hydrogen-bond donors (Lipinski definition) is 1. The van der Waals surface area contributed by atoms with Crippen molar-refractivity contribution >= 4 is 21.6 Å². The highest BCUT2D eigenvalue weighted by molar-refractivity contribution is 9.10. The SMILES string of the molecule is Cn1ncc(NCCc2ccncc2)c(Br)c1=O. The Bertz CT molecular complexity index is 582. The molecule has 0 aromatic carbocycles. The minimum Gasteiger partial charge on any atom is -0.382 e. The summed E-state index contributed by atoms with van der Waals surface area (Å²) in [5.41, 5.74) is 1.77. The first-order chi connectivity index (χ1) is 8.68. The summed E-state index contributed by atoms with van der Waals surface area (Å²) in [7, 11) is 1.62. The minimum absolute atomic E-state index is 0.149. The number of nitrogens with one attached hydrogen (secondary N) is 1. The Morgan fingerprint density at radius 1 is 1.39 bits per heavy atom. The molecule has 0 bridgehead atoms. The lowest BCUT2D eigenvalue weighted by atomic mass is 10.2. The maximum absolute atomic E-state index is 11.6. The van der Waals surface area contributed by atoms with Crippen LogP contribution in [-0.2, 0) is 13.5 Å². The molecule has 0 atom stereocenters. The van der Waals surface area contributed by atoms with Gasteiger partial charge in [-0.25, -0.2) is 4.68 Å². The molecule has 2 heterocycles. The zero-order valence-corrected chi connectivity index (χ0v) is 11.5. The highest BCUT2D eigenvalue weighted by Gasteiger charge is 2.05. The van der Waals surface area contributed by atoms with E-state index in [-0.39, 0.29) is 5.56 Å². The standard InChI is InChI=1S/C12H13BrN4O/c1-17-12(18)11(13)10(8-16-17)15-7-4-9-2-5-14-6-3-9/h2-3,5-6,8,15H,4,7H2,1H3. The molecule has 0 saturated heterocycles. The van der Waals surface area contributed by atoms with Gasteiger partial charge in [-0.1, -0.05) is 0 Å². The Labute approximate surface area is 113 Å². The van der Waals surface area contributed by atoms with E-state index in [1.807, 2.05) is 12.1 Å². The smallest absolute Gasteiger partial charge is 0.282 e. The molecule has 0 spiro atoms. The number of pyridine rings is 1. The van der Waals surface area contributed by atoms with Crippen LogP contribution in [0.1, 0.15) is 5.56 Å². The van der Waals surface area contributed by atoms with Crippen LogP contribution in [-0.4, -0.2) is 21.3 Å². The van der Waals surface area contributed by atoms with Crippen molar-refractivity contribution in [1.29, 1.82) is 0 Å². The first kappa shape index (κ1) is 12.8. The molecule has 0 amide bonds. The second-order valence-electron chi connectivity index (χ2n) is 3.83. The van der Waals surface area contributed by atoms with Crippen molar-refractivity contribution in [3.05, 3.63) is 51.1 Å². The Morgan fingerprint density at radius 3 is 2.83 bits per heavy atom. The van der Waals surface area contributed by atoms with Gasteiger partial charge < -0.3 is 5.32 Å². The third kappa shape index (κ3) is 2.95. The van der Waals surface area contributed by atoms with Gasteiger partial charge in [0.15, 0.2) is 0 Å². The average molecular weight is 309 g/mol. The quantitative estimate of drug-likeness (QED) is 0.932.